The molecule has 0 saturated carbocycles. The van der Waals surface area contributed by atoms with Crippen molar-refractivity contribution in [3.05, 3.63) is 60.5 Å². The first kappa shape index (κ1) is 17.3. The summed E-state index contributed by atoms with van der Waals surface area (Å²) in [4.78, 5) is 11.3. The van der Waals surface area contributed by atoms with Gasteiger partial charge < -0.3 is 5.11 Å². The third-order valence-electron chi connectivity index (χ3n) is 4.50. The van der Waals surface area contributed by atoms with E-state index in [2.05, 4.69) is 20.1 Å². The highest BCUT2D eigenvalue weighted by Crippen LogP contribution is 2.43. The van der Waals surface area contributed by atoms with Crippen LogP contribution >= 0.6 is 0 Å². The van der Waals surface area contributed by atoms with Crippen molar-refractivity contribution in [1.82, 2.24) is 24.7 Å². The summed E-state index contributed by atoms with van der Waals surface area (Å²) in [5, 5.41) is 15.3. The van der Waals surface area contributed by atoms with Crippen LogP contribution < -0.4 is 0 Å². The zero-order valence-corrected chi connectivity index (χ0v) is 13.4. The van der Waals surface area contributed by atoms with Gasteiger partial charge in [-0.05, 0) is 12.5 Å². The Morgan fingerprint density at radius 2 is 2.12 bits per heavy atom. The van der Waals surface area contributed by atoms with Crippen molar-refractivity contribution in [2.24, 2.45) is 5.92 Å². The zero-order chi connectivity index (χ0) is 18.0. The second-order valence-electron chi connectivity index (χ2n) is 5.97. The molecule has 0 bridgehead atoms. The molecule has 3 atom stereocenters. The average Bonchev–Trinajstić information content (AvgIpc) is 3.07. The van der Waals surface area contributed by atoms with E-state index in [9.17, 15) is 18.3 Å². The standard InChI is InChI=1S/C16H16F3N5O/c1-10(15-14(19)5-20-7-22-15)16(25,6-24-9-21-8-23-24)12-3-2-11(17)4-13(12)18/h2,4-5,7-10,12,25H,3,6H2,1H3/t10-,12?,16+/m0/s1. The SMILES string of the molecule is C[C@@H](c1ncncc1F)[C@](O)(Cn1cncn1)C1CC=C(F)C=C1F. The second kappa shape index (κ2) is 6.75. The van der Waals surface area contributed by atoms with Gasteiger partial charge in [0.15, 0.2) is 5.82 Å². The lowest BCUT2D eigenvalue weighted by Crippen LogP contribution is -2.48. The van der Waals surface area contributed by atoms with E-state index in [-0.39, 0.29) is 18.7 Å². The van der Waals surface area contributed by atoms with Crippen molar-refractivity contribution in [1.29, 1.82) is 0 Å². The smallest absolute Gasteiger partial charge is 0.163 e. The molecule has 2 aromatic heterocycles. The third kappa shape index (κ3) is 3.32. The van der Waals surface area contributed by atoms with Gasteiger partial charge in [0.2, 0.25) is 0 Å². The molecule has 1 aliphatic rings. The van der Waals surface area contributed by atoms with E-state index in [0.717, 1.165) is 18.6 Å². The predicted octanol–water partition coefficient (Wildman–Crippen LogP) is 2.47. The molecule has 9 heteroatoms. The zero-order valence-electron chi connectivity index (χ0n) is 13.4. The minimum Gasteiger partial charge on any atom is -0.387 e. The van der Waals surface area contributed by atoms with Crippen LogP contribution in [0.5, 0.6) is 0 Å². The lowest BCUT2D eigenvalue weighted by Gasteiger charge is -2.40. The summed E-state index contributed by atoms with van der Waals surface area (Å²) in [5.74, 6) is -4.24. The summed E-state index contributed by atoms with van der Waals surface area (Å²) in [6.45, 7) is 1.36. The van der Waals surface area contributed by atoms with Crippen molar-refractivity contribution in [2.45, 2.75) is 31.4 Å². The Morgan fingerprint density at radius 1 is 1.32 bits per heavy atom. The molecule has 25 heavy (non-hydrogen) atoms. The maximum Gasteiger partial charge on any atom is 0.163 e. The number of nitrogens with zero attached hydrogens (tertiary/aromatic N) is 5. The maximum absolute atomic E-state index is 14.4. The Bertz CT molecular complexity index is 808. The van der Waals surface area contributed by atoms with Gasteiger partial charge in [0.05, 0.1) is 18.4 Å². The number of aromatic nitrogens is 5. The van der Waals surface area contributed by atoms with E-state index < -0.39 is 34.9 Å². The van der Waals surface area contributed by atoms with Crippen LogP contribution in [0.1, 0.15) is 25.0 Å². The molecule has 0 radical (unpaired) electrons. The van der Waals surface area contributed by atoms with Gasteiger partial charge >= 0.3 is 0 Å². The molecule has 0 aliphatic heterocycles. The molecule has 0 aromatic carbocycles. The summed E-state index contributed by atoms with van der Waals surface area (Å²) < 4.78 is 43.2. The van der Waals surface area contributed by atoms with Gasteiger partial charge in [0.25, 0.3) is 0 Å². The summed E-state index contributed by atoms with van der Waals surface area (Å²) >= 11 is 0. The van der Waals surface area contributed by atoms with Gasteiger partial charge in [-0.15, -0.1) is 0 Å². The quantitative estimate of drug-likeness (QED) is 0.895. The molecule has 2 aromatic rings. The van der Waals surface area contributed by atoms with Crippen LogP contribution in [0.15, 0.2) is 49.0 Å². The lowest BCUT2D eigenvalue weighted by atomic mass is 9.72. The highest BCUT2D eigenvalue weighted by Gasteiger charge is 2.47. The number of aliphatic hydroxyl groups is 1. The van der Waals surface area contributed by atoms with Crippen molar-refractivity contribution in [3.63, 3.8) is 0 Å². The number of hydrogen-bond acceptors (Lipinski definition) is 5. The number of rotatable bonds is 5. The van der Waals surface area contributed by atoms with Crippen LogP contribution in [-0.4, -0.2) is 35.4 Å². The number of hydrogen-bond donors (Lipinski definition) is 1. The topological polar surface area (TPSA) is 76.7 Å². The fraction of sp³-hybridized carbons (Fsp3) is 0.375. The van der Waals surface area contributed by atoms with Crippen molar-refractivity contribution < 1.29 is 18.3 Å². The van der Waals surface area contributed by atoms with Gasteiger partial charge in [0, 0.05) is 17.9 Å². The summed E-state index contributed by atoms with van der Waals surface area (Å²) in [5.41, 5.74) is -1.87. The molecule has 3 rings (SSSR count). The van der Waals surface area contributed by atoms with E-state index >= 15 is 0 Å². The molecule has 0 fully saturated rings. The van der Waals surface area contributed by atoms with Crippen LogP contribution in [0, 0.1) is 11.7 Å². The molecule has 0 amide bonds. The molecule has 1 aliphatic carbocycles. The first-order valence-electron chi connectivity index (χ1n) is 7.64. The van der Waals surface area contributed by atoms with Gasteiger partial charge in [0.1, 0.15) is 36.2 Å². The molecule has 132 valence electrons. The van der Waals surface area contributed by atoms with E-state index in [0.29, 0.717) is 0 Å². The first-order chi connectivity index (χ1) is 11.9. The van der Waals surface area contributed by atoms with Crippen LogP contribution in [0.2, 0.25) is 0 Å². The molecular formula is C16H16F3N5O. The second-order valence-corrected chi connectivity index (χ2v) is 5.97. The molecule has 0 spiro atoms. The van der Waals surface area contributed by atoms with Crippen molar-refractivity contribution >= 4 is 0 Å². The van der Waals surface area contributed by atoms with Crippen LogP contribution in [0.3, 0.4) is 0 Å². The Balaban J connectivity index is 2.03. The number of allylic oxidation sites excluding steroid dienone is 3. The largest absolute Gasteiger partial charge is 0.387 e. The molecule has 2 heterocycles. The third-order valence-corrected chi connectivity index (χ3v) is 4.50. The van der Waals surface area contributed by atoms with Gasteiger partial charge in [-0.3, -0.25) is 4.68 Å². The molecule has 6 nitrogen and oxygen atoms in total. The molecule has 0 saturated heterocycles. The van der Waals surface area contributed by atoms with E-state index in [1.807, 2.05) is 0 Å². The van der Waals surface area contributed by atoms with Gasteiger partial charge in [-0.25, -0.2) is 28.1 Å². The highest BCUT2D eigenvalue weighted by atomic mass is 19.1. The average molecular weight is 351 g/mol. The van der Waals surface area contributed by atoms with E-state index in [1.165, 1.54) is 30.3 Å². The molecule has 1 unspecified atom stereocenters. The highest BCUT2D eigenvalue weighted by molar-refractivity contribution is 5.27. The predicted molar refractivity (Wildman–Crippen MR) is 81.9 cm³/mol. The maximum atomic E-state index is 14.4. The first-order valence-corrected chi connectivity index (χ1v) is 7.64. The fourth-order valence-corrected chi connectivity index (χ4v) is 3.08. The minimum atomic E-state index is -1.82. The van der Waals surface area contributed by atoms with Crippen LogP contribution in [0.4, 0.5) is 13.2 Å². The Labute approximate surface area is 141 Å². The monoisotopic (exact) mass is 351 g/mol. The molecular weight excluding hydrogens is 335 g/mol. The van der Waals surface area contributed by atoms with Crippen molar-refractivity contribution in [2.75, 3.05) is 0 Å². The number of halogens is 3. The van der Waals surface area contributed by atoms with E-state index in [4.69, 9.17) is 0 Å². The van der Waals surface area contributed by atoms with Crippen LogP contribution in [-0.2, 0) is 6.54 Å². The summed E-state index contributed by atoms with van der Waals surface area (Å²) in [6.07, 6.45) is 6.58. The van der Waals surface area contributed by atoms with Gasteiger partial charge in [-0.2, -0.15) is 5.10 Å². The fourth-order valence-electron chi connectivity index (χ4n) is 3.08. The van der Waals surface area contributed by atoms with Crippen LogP contribution in [0.25, 0.3) is 0 Å². The lowest BCUT2D eigenvalue weighted by molar-refractivity contribution is -0.0516. The van der Waals surface area contributed by atoms with Gasteiger partial charge in [-0.1, -0.05) is 6.92 Å². The Kier molecular flexibility index (Phi) is 4.67. The van der Waals surface area contributed by atoms with E-state index in [1.54, 1.807) is 0 Å². The minimum absolute atomic E-state index is 0.0551. The Hall–Kier alpha value is -2.55. The normalized spacial score (nSPS) is 21.2. The summed E-state index contributed by atoms with van der Waals surface area (Å²) in [6, 6.07) is 0. The molecule has 1 N–H and O–H groups in total. The summed E-state index contributed by atoms with van der Waals surface area (Å²) in [7, 11) is 0. The Morgan fingerprint density at radius 3 is 2.76 bits per heavy atom. The van der Waals surface area contributed by atoms with Crippen molar-refractivity contribution in [3.8, 4) is 0 Å².